The third-order valence-corrected chi connectivity index (χ3v) is 8.12. The summed E-state index contributed by atoms with van der Waals surface area (Å²) in [7, 11) is 1.92. The molecule has 4 heteroatoms. The van der Waals surface area contributed by atoms with Gasteiger partial charge in [-0.1, -0.05) is 25.5 Å². The Labute approximate surface area is 161 Å². The summed E-state index contributed by atoms with van der Waals surface area (Å²) in [6.45, 7) is 4.86. The number of hydrogen-bond acceptors (Lipinski definition) is 2. The van der Waals surface area contributed by atoms with Crippen molar-refractivity contribution < 1.29 is 4.79 Å². The van der Waals surface area contributed by atoms with Crippen molar-refractivity contribution >= 4 is 11.6 Å². The Hall–Kier alpha value is -2.10. The van der Waals surface area contributed by atoms with Crippen LogP contribution in [0.15, 0.2) is 48.2 Å². The molecule has 4 nitrogen and oxygen atoms in total. The molecule has 27 heavy (non-hydrogen) atoms. The topological polar surface area (TPSA) is 38.1 Å². The van der Waals surface area contributed by atoms with Gasteiger partial charge in [0.1, 0.15) is 0 Å². The van der Waals surface area contributed by atoms with Crippen molar-refractivity contribution in [1.29, 1.82) is 0 Å². The molecule has 4 aliphatic rings. The molecule has 0 spiro atoms. The highest BCUT2D eigenvalue weighted by molar-refractivity contribution is 5.77. The van der Waals surface area contributed by atoms with E-state index in [1.165, 1.54) is 30.5 Å². The Morgan fingerprint density at radius 1 is 1.15 bits per heavy atom. The SMILES string of the molecule is CN1C=C2CCC3C4=CC=C(n5ccnc5)[C@@]4(C)CCC3[C@@]2(C)CCC1=O. The summed E-state index contributed by atoms with van der Waals surface area (Å²) in [4.78, 5) is 18.4. The first-order valence-electron chi connectivity index (χ1n) is 10.3. The van der Waals surface area contributed by atoms with E-state index in [9.17, 15) is 4.79 Å². The minimum absolute atomic E-state index is 0.122. The van der Waals surface area contributed by atoms with Gasteiger partial charge >= 0.3 is 0 Å². The van der Waals surface area contributed by atoms with Crippen molar-refractivity contribution in [2.45, 2.75) is 52.4 Å². The summed E-state index contributed by atoms with van der Waals surface area (Å²) >= 11 is 0. The second-order valence-electron chi connectivity index (χ2n) is 9.34. The van der Waals surface area contributed by atoms with E-state index in [4.69, 9.17) is 0 Å². The van der Waals surface area contributed by atoms with Gasteiger partial charge in [-0.2, -0.15) is 0 Å². The van der Waals surface area contributed by atoms with Crippen LogP contribution in [0.2, 0.25) is 0 Å². The van der Waals surface area contributed by atoms with Crippen LogP contribution in [0.3, 0.4) is 0 Å². The smallest absolute Gasteiger partial charge is 0.226 e. The van der Waals surface area contributed by atoms with Crippen LogP contribution in [-0.2, 0) is 4.79 Å². The molecule has 2 fully saturated rings. The first-order chi connectivity index (χ1) is 12.9. The highest BCUT2D eigenvalue weighted by atomic mass is 16.2. The fraction of sp³-hybridized carbons (Fsp3) is 0.565. The number of aromatic nitrogens is 2. The maximum atomic E-state index is 12.3. The Morgan fingerprint density at radius 3 is 2.78 bits per heavy atom. The molecule has 0 radical (unpaired) electrons. The summed E-state index contributed by atoms with van der Waals surface area (Å²) in [6, 6.07) is 0. The Morgan fingerprint density at radius 2 is 2.00 bits per heavy atom. The largest absolute Gasteiger partial charge is 0.322 e. The molecule has 0 saturated heterocycles. The van der Waals surface area contributed by atoms with Crippen molar-refractivity contribution in [3.63, 3.8) is 0 Å². The Bertz CT molecular complexity index is 877. The van der Waals surface area contributed by atoms with E-state index in [1.807, 2.05) is 24.5 Å². The van der Waals surface area contributed by atoms with Gasteiger partial charge in [0, 0.05) is 43.2 Å². The zero-order valence-corrected chi connectivity index (χ0v) is 16.6. The predicted molar refractivity (Wildman–Crippen MR) is 106 cm³/mol. The maximum absolute atomic E-state index is 12.3. The number of allylic oxidation sites excluding steroid dienone is 5. The van der Waals surface area contributed by atoms with Crippen LogP contribution >= 0.6 is 0 Å². The van der Waals surface area contributed by atoms with Crippen molar-refractivity contribution in [3.8, 4) is 0 Å². The van der Waals surface area contributed by atoms with Gasteiger partial charge < -0.3 is 9.47 Å². The average molecular weight is 364 g/mol. The molecule has 0 aromatic carbocycles. The van der Waals surface area contributed by atoms with Gasteiger partial charge in [0.05, 0.1) is 6.33 Å². The van der Waals surface area contributed by atoms with Crippen LogP contribution in [-0.4, -0.2) is 27.4 Å². The Kier molecular flexibility index (Phi) is 3.59. The summed E-state index contributed by atoms with van der Waals surface area (Å²) in [5, 5.41) is 0. The van der Waals surface area contributed by atoms with Gasteiger partial charge in [-0.05, 0) is 61.0 Å². The van der Waals surface area contributed by atoms with Crippen LogP contribution < -0.4 is 0 Å². The van der Waals surface area contributed by atoms with Crippen molar-refractivity contribution in [1.82, 2.24) is 14.5 Å². The molecule has 4 atom stereocenters. The minimum Gasteiger partial charge on any atom is -0.322 e. The molecule has 0 N–H and O–H groups in total. The fourth-order valence-corrected chi connectivity index (χ4v) is 6.49. The third-order valence-electron chi connectivity index (χ3n) is 8.12. The lowest BCUT2D eigenvalue weighted by Gasteiger charge is -2.54. The average Bonchev–Trinajstić information content (AvgIpc) is 3.26. The summed E-state index contributed by atoms with van der Waals surface area (Å²) in [5.74, 6) is 1.54. The molecule has 2 saturated carbocycles. The van der Waals surface area contributed by atoms with Gasteiger partial charge in [-0.25, -0.2) is 4.98 Å². The lowest BCUT2D eigenvalue weighted by atomic mass is 9.50. The van der Waals surface area contributed by atoms with E-state index >= 15 is 0 Å². The van der Waals surface area contributed by atoms with Crippen molar-refractivity contribution in [2.24, 2.45) is 22.7 Å². The molecule has 2 heterocycles. The second kappa shape index (κ2) is 5.70. The number of carbonyl (C=O) groups is 1. The number of nitrogens with zero attached hydrogens (tertiary/aromatic N) is 3. The zero-order valence-electron chi connectivity index (χ0n) is 16.6. The molecular weight excluding hydrogens is 334 g/mol. The molecule has 2 unspecified atom stereocenters. The molecule has 0 bridgehead atoms. The van der Waals surface area contributed by atoms with Gasteiger partial charge in [0.2, 0.25) is 5.91 Å². The monoisotopic (exact) mass is 363 g/mol. The van der Waals surface area contributed by atoms with Crippen LogP contribution in [0, 0.1) is 22.7 Å². The first-order valence-corrected chi connectivity index (χ1v) is 10.3. The number of carbonyl (C=O) groups excluding carboxylic acids is 1. The zero-order chi connectivity index (χ0) is 18.8. The van der Waals surface area contributed by atoms with Crippen LogP contribution in [0.4, 0.5) is 0 Å². The summed E-state index contributed by atoms with van der Waals surface area (Å²) in [5.41, 5.74) is 4.77. The van der Waals surface area contributed by atoms with Gasteiger partial charge in [-0.15, -0.1) is 0 Å². The second-order valence-corrected chi connectivity index (χ2v) is 9.34. The lowest BCUT2D eigenvalue weighted by Crippen LogP contribution is -2.45. The molecule has 3 aliphatic carbocycles. The molecule has 1 aromatic rings. The van der Waals surface area contributed by atoms with Crippen LogP contribution in [0.5, 0.6) is 0 Å². The Balaban J connectivity index is 1.50. The number of imidazole rings is 1. The van der Waals surface area contributed by atoms with E-state index in [-0.39, 0.29) is 16.7 Å². The number of hydrogen-bond donors (Lipinski definition) is 0. The first kappa shape index (κ1) is 17.0. The van der Waals surface area contributed by atoms with Gasteiger partial charge in [0.25, 0.3) is 0 Å². The van der Waals surface area contributed by atoms with Gasteiger partial charge in [0.15, 0.2) is 0 Å². The van der Waals surface area contributed by atoms with E-state index in [2.05, 4.69) is 47.9 Å². The molecule has 1 aromatic heterocycles. The lowest BCUT2D eigenvalue weighted by molar-refractivity contribution is -0.127. The van der Waals surface area contributed by atoms with E-state index < -0.39 is 0 Å². The number of amides is 1. The third kappa shape index (κ3) is 2.28. The molecular formula is C23H29N3O. The molecule has 142 valence electrons. The number of rotatable bonds is 1. The quantitative estimate of drug-likeness (QED) is 0.729. The van der Waals surface area contributed by atoms with Gasteiger partial charge in [-0.3, -0.25) is 4.79 Å². The predicted octanol–water partition coefficient (Wildman–Crippen LogP) is 4.63. The minimum atomic E-state index is 0.122. The molecule has 1 aliphatic heterocycles. The van der Waals surface area contributed by atoms with E-state index in [0.717, 1.165) is 12.8 Å². The fourth-order valence-electron chi connectivity index (χ4n) is 6.49. The summed E-state index contributed by atoms with van der Waals surface area (Å²) in [6.07, 6.45) is 19.1. The standard InChI is InChI=1S/C23H29N3O/c1-22-11-9-21(27)25(3)14-16(22)4-5-17-18-6-7-20(26-13-12-24-15-26)23(18,2)10-8-19(17)22/h6-7,12-15,17,19H,4-5,8-11H2,1-3H3/t17?,19?,22-,23-/m0/s1. The van der Waals surface area contributed by atoms with E-state index in [1.54, 1.807) is 5.57 Å². The summed E-state index contributed by atoms with van der Waals surface area (Å²) < 4.78 is 2.19. The highest BCUT2D eigenvalue weighted by Crippen LogP contribution is 2.64. The number of fused-ring (bicyclic) bond motifs is 5. The maximum Gasteiger partial charge on any atom is 0.226 e. The highest BCUT2D eigenvalue weighted by Gasteiger charge is 2.54. The van der Waals surface area contributed by atoms with E-state index in [0.29, 0.717) is 18.3 Å². The van der Waals surface area contributed by atoms with Crippen LogP contribution in [0.25, 0.3) is 5.70 Å². The van der Waals surface area contributed by atoms with Crippen molar-refractivity contribution in [3.05, 3.63) is 48.2 Å². The normalized spacial score (nSPS) is 38.3. The van der Waals surface area contributed by atoms with Crippen LogP contribution in [0.1, 0.15) is 52.4 Å². The van der Waals surface area contributed by atoms with Crippen molar-refractivity contribution in [2.75, 3.05) is 7.05 Å². The molecule has 5 rings (SSSR count). The molecule has 1 amide bonds.